The fourth-order valence-electron chi connectivity index (χ4n) is 9.66. The highest BCUT2D eigenvalue weighted by Crippen LogP contribution is 2.67. The molecule has 5 heteroatoms. The van der Waals surface area contributed by atoms with Crippen molar-refractivity contribution in [1.29, 1.82) is 0 Å². The summed E-state index contributed by atoms with van der Waals surface area (Å²) in [6, 6.07) is -0.0850. The molecule has 3 saturated carbocycles. The van der Waals surface area contributed by atoms with E-state index < -0.39 is 0 Å². The molecule has 3 aliphatic carbocycles. The Morgan fingerprint density at radius 3 is 2.66 bits per heavy atom. The number of carbonyl (C=O) groups excluding carboxylic acids is 1. The van der Waals surface area contributed by atoms with E-state index >= 15 is 0 Å². The van der Waals surface area contributed by atoms with Gasteiger partial charge >= 0.3 is 0 Å². The van der Waals surface area contributed by atoms with Crippen LogP contribution in [0.5, 0.6) is 0 Å². The molecule has 0 radical (unpaired) electrons. The number of hydrogen-bond acceptors (Lipinski definition) is 4. The highest BCUT2D eigenvalue weighted by molar-refractivity contribution is 7.98. The van der Waals surface area contributed by atoms with E-state index in [1.807, 2.05) is 0 Å². The Labute approximate surface area is 219 Å². The maximum Gasteiger partial charge on any atom is 0.220 e. The second-order valence-electron chi connectivity index (χ2n) is 13.3. The first-order chi connectivity index (χ1) is 16.8. The normalized spacial score (nSPS) is 40.7. The third kappa shape index (κ3) is 5.77. The molecule has 0 aromatic rings. The van der Waals surface area contributed by atoms with Gasteiger partial charge in [0.2, 0.25) is 5.91 Å². The van der Waals surface area contributed by atoms with E-state index in [4.69, 9.17) is 0 Å². The second-order valence-corrected chi connectivity index (χ2v) is 14.3. The lowest BCUT2D eigenvalue weighted by Crippen LogP contribution is -2.53. The lowest BCUT2D eigenvalue weighted by Gasteiger charge is -2.59. The van der Waals surface area contributed by atoms with Gasteiger partial charge in [0, 0.05) is 6.42 Å². The van der Waals surface area contributed by atoms with Crippen LogP contribution in [0.25, 0.3) is 0 Å². The van der Waals surface area contributed by atoms with Gasteiger partial charge in [-0.1, -0.05) is 20.8 Å². The number of aliphatic hydroxyl groups is 1. The minimum Gasteiger partial charge on any atom is -0.394 e. The van der Waals surface area contributed by atoms with Gasteiger partial charge in [-0.2, -0.15) is 11.8 Å². The molecule has 4 rings (SSSR count). The van der Waals surface area contributed by atoms with Gasteiger partial charge in [-0.25, -0.2) is 0 Å². The number of carbonyl (C=O) groups is 1. The summed E-state index contributed by atoms with van der Waals surface area (Å²) < 4.78 is 0. The molecule has 0 spiro atoms. The summed E-state index contributed by atoms with van der Waals surface area (Å²) in [6.07, 6.45) is 17.1. The summed E-state index contributed by atoms with van der Waals surface area (Å²) in [5.41, 5.74) is 1.07. The summed E-state index contributed by atoms with van der Waals surface area (Å²) in [5.74, 6) is 6.34. The number of thioether (sulfide) groups is 1. The van der Waals surface area contributed by atoms with Gasteiger partial charge in [0.25, 0.3) is 0 Å². The quantitative estimate of drug-likeness (QED) is 0.346. The fourth-order valence-corrected chi connectivity index (χ4v) is 10.2. The zero-order chi connectivity index (χ0) is 25.1. The van der Waals surface area contributed by atoms with Gasteiger partial charge in [0.15, 0.2) is 0 Å². The Bertz CT molecular complexity index is 704. The topological polar surface area (TPSA) is 61.4 Å². The fraction of sp³-hybridized carbons (Fsp3) is 0.967. The van der Waals surface area contributed by atoms with Crippen LogP contribution in [0.15, 0.2) is 0 Å². The SMILES string of the molecule is CSCC[C@H](CO)NC(=O)CCC[C@@H](C)[C@H]1CC[C@H]2[C@@H]3CC[C@@H]4CNCCC[C@]4(C)[C@H]3CC[C@]12C. The van der Waals surface area contributed by atoms with Crippen LogP contribution in [0, 0.1) is 46.3 Å². The van der Waals surface area contributed by atoms with Crippen LogP contribution in [-0.4, -0.2) is 48.8 Å². The summed E-state index contributed by atoms with van der Waals surface area (Å²) in [6.45, 7) is 10.3. The van der Waals surface area contributed by atoms with Crippen molar-refractivity contribution in [3.05, 3.63) is 0 Å². The lowest BCUT2D eigenvalue weighted by atomic mass is 9.46. The van der Waals surface area contributed by atoms with E-state index in [0.717, 1.165) is 54.6 Å². The van der Waals surface area contributed by atoms with Gasteiger partial charge in [-0.3, -0.25) is 4.79 Å². The molecule has 1 heterocycles. The molecule has 4 nitrogen and oxygen atoms in total. The molecule has 4 aliphatic rings. The first-order valence-corrected chi connectivity index (χ1v) is 16.3. The Hall–Kier alpha value is -0.260. The molecule has 3 N–H and O–H groups in total. The Kier molecular flexibility index (Phi) is 9.58. The van der Waals surface area contributed by atoms with Gasteiger partial charge in [0.05, 0.1) is 12.6 Å². The van der Waals surface area contributed by atoms with Gasteiger partial charge < -0.3 is 15.7 Å². The maximum atomic E-state index is 12.5. The van der Waals surface area contributed by atoms with Crippen LogP contribution < -0.4 is 10.6 Å². The standard InChI is InChI=1S/C30H54N2O2S/c1-21(7-5-8-28(34)32-23(20-33)14-18-35-4)25-11-12-26-24-10-9-22-19-31-17-6-15-29(22,2)27(24)13-16-30(25,26)3/h21-27,31,33H,5-20H2,1-4H3,(H,32,34)/t21-,22-,23-,24+,25-,26+,27+,29+,30-/m1/s1. The van der Waals surface area contributed by atoms with Crippen molar-refractivity contribution in [1.82, 2.24) is 10.6 Å². The third-order valence-corrected chi connectivity index (χ3v) is 12.2. The van der Waals surface area contributed by atoms with E-state index in [0.29, 0.717) is 23.2 Å². The molecule has 0 unspecified atom stereocenters. The minimum atomic E-state index is -0.0850. The number of amides is 1. The molecular formula is C30H54N2O2S. The predicted molar refractivity (Wildman–Crippen MR) is 149 cm³/mol. The molecule has 0 aromatic heterocycles. The summed E-state index contributed by atoms with van der Waals surface area (Å²) in [7, 11) is 0. The molecule has 0 bridgehead atoms. The maximum absolute atomic E-state index is 12.5. The minimum absolute atomic E-state index is 0.0446. The number of rotatable bonds is 10. The molecule has 1 saturated heterocycles. The van der Waals surface area contributed by atoms with Crippen LogP contribution in [0.4, 0.5) is 0 Å². The van der Waals surface area contributed by atoms with E-state index in [2.05, 4.69) is 37.7 Å². The van der Waals surface area contributed by atoms with Crippen LogP contribution in [-0.2, 0) is 4.79 Å². The average Bonchev–Trinajstić information content (AvgIpc) is 3.07. The molecular weight excluding hydrogens is 452 g/mol. The number of fused-ring (bicyclic) bond motifs is 5. The van der Waals surface area contributed by atoms with Crippen molar-refractivity contribution >= 4 is 17.7 Å². The van der Waals surface area contributed by atoms with E-state index in [-0.39, 0.29) is 18.6 Å². The zero-order valence-corrected chi connectivity index (χ0v) is 23.9. The average molecular weight is 507 g/mol. The van der Waals surface area contributed by atoms with E-state index in [9.17, 15) is 9.90 Å². The first-order valence-electron chi connectivity index (χ1n) is 14.9. The summed E-state index contributed by atoms with van der Waals surface area (Å²) in [5, 5.41) is 16.4. The third-order valence-electron chi connectivity index (χ3n) is 11.6. The molecule has 35 heavy (non-hydrogen) atoms. The van der Waals surface area contributed by atoms with Crippen LogP contribution in [0.3, 0.4) is 0 Å². The predicted octanol–water partition coefficient (Wildman–Crippen LogP) is 5.88. The van der Waals surface area contributed by atoms with Crippen molar-refractivity contribution in [2.45, 2.75) is 104 Å². The van der Waals surface area contributed by atoms with E-state index in [1.54, 1.807) is 11.8 Å². The Morgan fingerprint density at radius 2 is 1.89 bits per heavy atom. The molecule has 202 valence electrons. The van der Waals surface area contributed by atoms with E-state index in [1.165, 1.54) is 64.5 Å². The van der Waals surface area contributed by atoms with Gasteiger partial charge in [-0.15, -0.1) is 0 Å². The zero-order valence-electron chi connectivity index (χ0n) is 23.1. The lowest BCUT2D eigenvalue weighted by molar-refractivity contribution is -0.122. The largest absolute Gasteiger partial charge is 0.394 e. The number of hydrogen-bond donors (Lipinski definition) is 3. The smallest absolute Gasteiger partial charge is 0.220 e. The molecule has 9 atom stereocenters. The second kappa shape index (κ2) is 12.1. The highest BCUT2D eigenvalue weighted by Gasteiger charge is 2.59. The van der Waals surface area contributed by atoms with Gasteiger partial charge in [-0.05, 0) is 142 Å². The Morgan fingerprint density at radius 1 is 1.09 bits per heavy atom. The van der Waals surface area contributed by atoms with Gasteiger partial charge in [0.1, 0.15) is 0 Å². The van der Waals surface area contributed by atoms with Crippen LogP contribution in [0.2, 0.25) is 0 Å². The number of aliphatic hydroxyl groups excluding tert-OH is 1. The highest BCUT2D eigenvalue weighted by atomic mass is 32.2. The van der Waals surface area contributed by atoms with Crippen molar-refractivity contribution in [2.24, 2.45) is 46.3 Å². The van der Waals surface area contributed by atoms with Crippen molar-refractivity contribution in [2.75, 3.05) is 31.7 Å². The summed E-state index contributed by atoms with van der Waals surface area (Å²) >= 11 is 1.76. The van der Waals surface area contributed by atoms with Crippen molar-refractivity contribution in [3.8, 4) is 0 Å². The molecule has 0 aromatic carbocycles. The van der Waals surface area contributed by atoms with Crippen molar-refractivity contribution in [3.63, 3.8) is 0 Å². The summed E-state index contributed by atoms with van der Waals surface area (Å²) in [4.78, 5) is 12.5. The first kappa shape index (κ1) is 27.8. The van der Waals surface area contributed by atoms with Crippen molar-refractivity contribution < 1.29 is 9.90 Å². The molecule has 1 amide bonds. The van der Waals surface area contributed by atoms with Crippen LogP contribution >= 0.6 is 11.8 Å². The molecule has 1 aliphatic heterocycles. The molecule has 4 fully saturated rings. The number of nitrogens with one attached hydrogen (secondary N) is 2. The Balaban J connectivity index is 1.31. The van der Waals surface area contributed by atoms with Crippen LogP contribution in [0.1, 0.15) is 97.8 Å². The monoisotopic (exact) mass is 506 g/mol.